The molecule has 1 N–H and O–H groups in total. The first kappa shape index (κ1) is 16.5. The van der Waals surface area contributed by atoms with Crippen molar-refractivity contribution in [1.29, 1.82) is 0 Å². The molecule has 3 amide bonds. The molecule has 1 aliphatic heterocycles. The number of nitrogens with zero attached hydrogens (tertiary/aromatic N) is 1. The number of hydrogen-bond donors (Lipinski definition) is 1. The van der Waals surface area contributed by atoms with E-state index in [1.807, 2.05) is 19.1 Å². The van der Waals surface area contributed by atoms with Crippen LogP contribution < -0.4 is 5.32 Å². The fraction of sp³-hybridized carbons (Fsp3) is 0.438. The van der Waals surface area contributed by atoms with Crippen LogP contribution in [-0.2, 0) is 14.4 Å². The van der Waals surface area contributed by atoms with E-state index in [1.54, 1.807) is 12.1 Å². The summed E-state index contributed by atoms with van der Waals surface area (Å²) in [4.78, 5) is 36.2. The molecule has 1 heterocycles. The van der Waals surface area contributed by atoms with Crippen LogP contribution in [0, 0.1) is 0 Å². The second-order valence-electron chi connectivity index (χ2n) is 5.27. The number of hydrogen-bond acceptors (Lipinski definition) is 3. The van der Waals surface area contributed by atoms with Crippen molar-refractivity contribution >= 4 is 29.3 Å². The van der Waals surface area contributed by atoms with Crippen LogP contribution in [0.2, 0.25) is 5.02 Å². The van der Waals surface area contributed by atoms with Crippen LogP contribution in [0.25, 0.3) is 0 Å². The Balaban J connectivity index is 1.88. The Kier molecular flexibility index (Phi) is 5.55. The van der Waals surface area contributed by atoms with Crippen molar-refractivity contribution in [3.8, 4) is 0 Å². The number of carbonyl (C=O) groups excluding carboxylic acids is 3. The zero-order valence-electron chi connectivity index (χ0n) is 12.5. The summed E-state index contributed by atoms with van der Waals surface area (Å²) in [6, 6.07) is 7.23. The highest BCUT2D eigenvalue weighted by atomic mass is 35.5. The summed E-state index contributed by atoms with van der Waals surface area (Å²) < 4.78 is 0. The quantitative estimate of drug-likeness (QED) is 0.818. The Hall–Kier alpha value is -1.88. The van der Waals surface area contributed by atoms with E-state index in [0.29, 0.717) is 5.02 Å². The molecule has 118 valence electrons. The molecule has 0 aliphatic carbocycles. The summed E-state index contributed by atoms with van der Waals surface area (Å²) in [5.74, 6) is -0.556. The van der Waals surface area contributed by atoms with E-state index in [0.717, 1.165) is 12.0 Å². The zero-order chi connectivity index (χ0) is 16.1. The number of imide groups is 1. The first-order valence-electron chi connectivity index (χ1n) is 7.39. The normalized spacial score (nSPS) is 16.0. The summed E-state index contributed by atoms with van der Waals surface area (Å²) in [6.07, 6.45) is 1.38. The van der Waals surface area contributed by atoms with Gasteiger partial charge >= 0.3 is 0 Å². The first-order chi connectivity index (χ1) is 10.5. The number of amides is 3. The number of halogens is 1. The van der Waals surface area contributed by atoms with E-state index in [2.05, 4.69) is 5.32 Å². The second kappa shape index (κ2) is 7.40. The van der Waals surface area contributed by atoms with Gasteiger partial charge < -0.3 is 5.32 Å². The molecule has 1 aromatic carbocycles. The third-order valence-electron chi connectivity index (χ3n) is 3.73. The van der Waals surface area contributed by atoms with Crippen molar-refractivity contribution in [1.82, 2.24) is 10.2 Å². The third-order valence-corrected chi connectivity index (χ3v) is 3.99. The highest BCUT2D eigenvalue weighted by Crippen LogP contribution is 2.19. The van der Waals surface area contributed by atoms with Gasteiger partial charge in [0.15, 0.2) is 0 Å². The van der Waals surface area contributed by atoms with Crippen LogP contribution >= 0.6 is 11.6 Å². The van der Waals surface area contributed by atoms with Crippen LogP contribution in [0.15, 0.2) is 24.3 Å². The SMILES string of the molecule is CCC(NC(=O)CCN1C(=O)CCC1=O)c1ccc(Cl)cc1. The molecule has 1 unspecified atom stereocenters. The Morgan fingerprint density at radius 2 is 1.82 bits per heavy atom. The van der Waals surface area contributed by atoms with E-state index in [-0.39, 0.29) is 49.6 Å². The van der Waals surface area contributed by atoms with Gasteiger partial charge in [0, 0.05) is 30.8 Å². The predicted molar refractivity (Wildman–Crippen MR) is 83.2 cm³/mol. The molecule has 1 atom stereocenters. The van der Waals surface area contributed by atoms with Gasteiger partial charge in [-0.05, 0) is 24.1 Å². The number of rotatable bonds is 6. The minimum atomic E-state index is -0.192. The maximum atomic E-state index is 12.0. The molecule has 0 bridgehead atoms. The van der Waals surface area contributed by atoms with E-state index in [9.17, 15) is 14.4 Å². The van der Waals surface area contributed by atoms with Crippen molar-refractivity contribution in [2.45, 2.75) is 38.6 Å². The average molecular weight is 323 g/mol. The van der Waals surface area contributed by atoms with Crippen molar-refractivity contribution < 1.29 is 14.4 Å². The van der Waals surface area contributed by atoms with Crippen molar-refractivity contribution in [3.05, 3.63) is 34.9 Å². The number of benzene rings is 1. The molecule has 5 nitrogen and oxygen atoms in total. The third kappa shape index (κ3) is 4.07. The molecule has 1 saturated heterocycles. The fourth-order valence-electron chi connectivity index (χ4n) is 2.47. The van der Waals surface area contributed by atoms with Crippen LogP contribution in [0.4, 0.5) is 0 Å². The summed E-state index contributed by atoms with van der Waals surface area (Å²) in [7, 11) is 0. The first-order valence-corrected chi connectivity index (χ1v) is 7.77. The predicted octanol–water partition coefficient (Wildman–Crippen LogP) is 2.45. The lowest BCUT2D eigenvalue weighted by atomic mass is 10.0. The average Bonchev–Trinajstić information content (AvgIpc) is 2.82. The standard InChI is InChI=1S/C16H19ClN2O3/c1-2-13(11-3-5-12(17)6-4-11)18-14(20)9-10-19-15(21)7-8-16(19)22/h3-6,13H,2,7-10H2,1H3,(H,18,20). The molecule has 0 radical (unpaired) electrons. The Morgan fingerprint density at radius 1 is 1.23 bits per heavy atom. The minimum Gasteiger partial charge on any atom is -0.349 e. The summed E-state index contributed by atoms with van der Waals surface area (Å²) in [5, 5.41) is 3.57. The molecule has 22 heavy (non-hydrogen) atoms. The number of carbonyl (C=O) groups is 3. The molecule has 0 aromatic heterocycles. The molecule has 0 saturated carbocycles. The maximum absolute atomic E-state index is 12.0. The molecule has 1 aliphatic rings. The highest BCUT2D eigenvalue weighted by Gasteiger charge is 2.28. The van der Waals surface area contributed by atoms with E-state index >= 15 is 0 Å². The number of likely N-dealkylation sites (tertiary alicyclic amines) is 1. The second-order valence-corrected chi connectivity index (χ2v) is 5.71. The summed E-state index contributed by atoms with van der Waals surface area (Å²) >= 11 is 5.86. The van der Waals surface area contributed by atoms with Crippen LogP contribution in [0.3, 0.4) is 0 Å². The van der Waals surface area contributed by atoms with Crippen molar-refractivity contribution in [2.24, 2.45) is 0 Å². The van der Waals surface area contributed by atoms with Gasteiger partial charge in [-0.25, -0.2) is 0 Å². The lowest BCUT2D eigenvalue weighted by Crippen LogP contribution is -2.35. The fourth-order valence-corrected chi connectivity index (χ4v) is 2.59. The van der Waals surface area contributed by atoms with Crippen molar-refractivity contribution in [2.75, 3.05) is 6.54 Å². The van der Waals surface area contributed by atoms with Gasteiger partial charge in [-0.1, -0.05) is 30.7 Å². The highest BCUT2D eigenvalue weighted by molar-refractivity contribution is 6.30. The smallest absolute Gasteiger partial charge is 0.229 e. The lowest BCUT2D eigenvalue weighted by molar-refractivity contribution is -0.138. The monoisotopic (exact) mass is 322 g/mol. The van der Waals surface area contributed by atoms with Crippen molar-refractivity contribution in [3.63, 3.8) is 0 Å². The zero-order valence-corrected chi connectivity index (χ0v) is 13.2. The van der Waals surface area contributed by atoms with E-state index in [1.165, 1.54) is 4.90 Å². The minimum absolute atomic E-state index is 0.102. The Morgan fingerprint density at radius 3 is 2.36 bits per heavy atom. The summed E-state index contributed by atoms with van der Waals surface area (Å²) in [5.41, 5.74) is 0.980. The van der Waals surface area contributed by atoms with Gasteiger partial charge in [0.05, 0.1) is 6.04 Å². The molecular formula is C16H19ClN2O3. The van der Waals surface area contributed by atoms with E-state index < -0.39 is 0 Å². The van der Waals surface area contributed by atoms with Gasteiger partial charge in [-0.2, -0.15) is 0 Å². The summed E-state index contributed by atoms with van der Waals surface area (Å²) in [6.45, 7) is 2.13. The topological polar surface area (TPSA) is 66.5 Å². The lowest BCUT2D eigenvalue weighted by Gasteiger charge is -2.19. The molecule has 0 spiro atoms. The molecule has 1 fully saturated rings. The van der Waals surface area contributed by atoms with Gasteiger partial charge in [-0.3, -0.25) is 19.3 Å². The van der Waals surface area contributed by atoms with Gasteiger partial charge in [0.25, 0.3) is 0 Å². The van der Waals surface area contributed by atoms with Gasteiger partial charge in [0.1, 0.15) is 0 Å². The molecule has 2 rings (SSSR count). The largest absolute Gasteiger partial charge is 0.349 e. The maximum Gasteiger partial charge on any atom is 0.229 e. The number of nitrogens with one attached hydrogen (secondary N) is 1. The molecule has 1 aromatic rings. The Labute approximate surface area is 134 Å². The van der Waals surface area contributed by atoms with E-state index in [4.69, 9.17) is 11.6 Å². The molecule has 6 heteroatoms. The van der Waals surface area contributed by atoms with Gasteiger partial charge in [-0.15, -0.1) is 0 Å². The Bertz CT molecular complexity index is 555. The van der Waals surface area contributed by atoms with Gasteiger partial charge in [0.2, 0.25) is 17.7 Å². The van der Waals surface area contributed by atoms with Crippen LogP contribution in [0.5, 0.6) is 0 Å². The molecular weight excluding hydrogens is 304 g/mol. The van der Waals surface area contributed by atoms with Crippen LogP contribution in [-0.4, -0.2) is 29.2 Å². The van der Waals surface area contributed by atoms with Crippen LogP contribution in [0.1, 0.15) is 44.2 Å².